The van der Waals surface area contributed by atoms with E-state index in [1.807, 2.05) is 43.7 Å². The van der Waals surface area contributed by atoms with E-state index in [0.717, 1.165) is 88.3 Å². The first-order chi connectivity index (χ1) is 26.2. The molecule has 0 radical (unpaired) electrons. The van der Waals surface area contributed by atoms with Crippen molar-refractivity contribution >= 4 is 77.7 Å². The zero-order valence-electron chi connectivity index (χ0n) is 29.0. The Balaban J connectivity index is 1.10. The van der Waals surface area contributed by atoms with Crippen LogP contribution in [0.15, 0.2) is 180 Å². The Morgan fingerprint density at radius 1 is 0.566 bits per heavy atom. The first-order valence-electron chi connectivity index (χ1n) is 17.4. The third-order valence-electron chi connectivity index (χ3n) is 9.68. The zero-order valence-corrected chi connectivity index (χ0v) is 29.8. The Hall–Kier alpha value is -6.76. The molecule has 0 aliphatic rings. The number of anilines is 3. The van der Waals surface area contributed by atoms with E-state index in [4.69, 9.17) is 15.0 Å². The zero-order chi connectivity index (χ0) is 35.7. The van der Waals surface area contributed by atoms with Gasteiger partial charge < -0.3 is 4.90 Å². The number of hydrogen-bond donors (Lipinski definition) is 0. The number of benzene rings is 6. The van der Waals surface area contributed by atoms with Crippen LogP contribution in [0.2, 0.25) is 0 Å². The largest absolute Gasteiger partial charge is 0.311 e. The van der Waals surface area contributed by atoms with Gasteiger partial charge in [-0.05, 0) is 84.6 Å². The molecule has 252 valence electrons. The van der Waals surface area contributed by atoms with Crippen molar-refractivity contribution in [1.82, 2.24) is 9.97 Å². The highest BCUT2D eigenvalue weighted by Gasteiger charge is 2.19. The van der Waals surface area contributed by atoms with Crippen LogP contribution >= 0.6 is 11.3 Å². The van der Waals surface area contributed by atoms with Crippen LogP contribution in [-0.2, 0) is 0 Å². The van der Waals surface area contributed by atoms with Gasteiger partial charge in [0.1, 0.15) is 5.00 Å². The van der Waals surface area contributed by atoms with Crippen LogP contribution in [0, 0.1) is 0 Å². The average molecular weight is 700 g/mol. The maximum atomic E-state index is 4.78. The lowest BCUT2D eigenvalue weighted by Crippen LogP contribution is -2.10. The SMILES string of the molecule is C=Nc1sc2ccccc2c1C(=NC)c1ccc(N(c2ccc(-c3cnc4ccccc4c3)cc2)c2ccc(-c3cnc4ccccc4c3)cc2)cc1. The molecule has 5 nitrogen and oxygen atoms in total. The summed E-state index contributed by atoms with van der Waals surface area (Å²) in [6.45, 7) is 3.87. The summed E-state index contributed by atoms with van der Waals surface area (Å²) in [5.74, 6) is 0. The molecular formula is C47H33N5S. The Labute approximate surface area is 311 Å². The van der Waals surface area contributed by atoms with Crippen LogP contribution in [0.4, 0.5) is 22.1 Å². The van der Waals surface area contributed by atoms with Gasteiger partial charge in [0.15, 0.2) is 0 Å². The summed E-state index contributed by atoms with van der Waals surface area (Å²) in [5.41, 5.74) is 12.4. The third-order valence-corrected chi connectivity index (χ3v) is 10.8. The predicted octanol–water partition coefficient (Wildman–Crippen LogP) is 12.6. The Kier molecular flexibility index (Phi) is 8.35. The van der Waals surface area contributed by atoms with Crippen LogP contribution in [0.3, 0.4) is 0 Å². The van der Waals surface area contributed by atoms with Gasteiger partial charge in [-0.25, -0.2) is 0 Å². The summed E-state index contributed by atoms with van der Waals surface area (Å²) in [4.78, 5) is 20.9. The number of aromatic nitrogens is 2. The fraction of sp³-hybridized carbons (Fsp3) is 0.0213. The van der Waals surface area contributed by atoms with E-state index < -0.39 is 0 Å². The summed E-state index contributed by atoms with van der Waals surface area (Å²) in [6.07, 6.45) is 3.90. The average Bonchev–Trinajstić information content (AvgIpc) is 3.60. The molecule has 0 aliphatic carbocycles. The predicted molar refractivity (Wildman–Crippen MR) is 225 cm³/mol. The maximum Gasteiger partial charge on any atom is 0.125 e. The van der Waals surface area contributed by atoms with Gasteiger partial charge >= 0.3 is 0 Å². The van der Waals surface area contributed by atoms with Crippen molar-refractivity contribution in [2.75, 3.05) is 11.9 Å². The normalized spacial score (nSPS) is 11.7. The van der Waals surface area contributed by atoms with Gasteiger partial charge in [-0.1, -0.05) is 91.0 Å². The number of pyridine rings is 2. The van der Waals surface area contributed by atoms with Gasteiger partial charge in [0.25, 0.3) is 0 Å². The summed E-state index contributed by atoms with van der Waals surface area (Å²) in [6, 6.07) is 55.2. The van der Waals surface area contributed by atoms with Gasteiger partial charge in [-0.3, -0.25) is 20.0 Å². The van der Waals surface area contributed by atoms with Crippen LogP contribution in [0.25, 0.3) is 54.1 Å². The van der Waals surface area contributed by atoms with E-state index in [-0.39, 0.29) is 0 Å². The maximum absolute atomic E-state index is 4.78. The van der Waals surface area contributed by atoms with E-state index >= 15 is 0 Å². The highest BCUT2D eigenvalue weighted by atomic mass is 32.1. The highest BCUT2D eigenvalue weighted by molar-refractivity contribution is 7.23. The minimum Gasteiger partial charge on any atom is -0.311 e. The molecular weight excluding hydrogens is 667 g/mol. The summed E-state index contributed by atoms with van der Waals surface area (Å²) >= 11 is 1.64. The molecule has 3 heterocycles. The van der Waals surface area contributed by atoms with Crippen LogP contribution in [-0.4, -0.2) is 29.4 Å². The molecule has 6 heteroatoms. The molecule has 0 fully saturated rings. The van der Waals surface area contributed by atoms with Crippen molar-refractivity contribution in [3.8, 4) is 22.3 Å². The molecule has 6 aromatic carbocycles. The van der Waals surface area contributed by atoms with Crippen molar-refractivity contribution < 1.29 is 0 Å². The van der Waals surface area contributed by atoms with Gasteiger partial charge in [0.2, 0.25) is 0 Å². The molecule has 3 aromatic heterocycles. The Morgan fingerprint density at radius 3 is 1.58 bits per heavy atom. The topological polar surface area (TPSA) is 53.7 Å². The number of rotatable bonds is 8. The summed E-state index contributed by atoms with van der Waals surface area (Å²) in [7, 11) is 1.84. The first-order valence-corrected chi connectivity index (χ1v) is 18.2. The Bertz CT molecular complexity index is 2680. The van der Waals surface area contributed by atoms with Gasteiger partial charge in [0.05, 0.1) is 16.7 Å². The number of para-hydroxylation sites is 2. The van der Waals surface area contributed by atoms with Crippen molar-refractivity contribution in [3.63, 3.8) is 0 Å². The number of hydrogen-bond acceptors (Lipinski definition) is 6. The van der Waals surface area contributed by atoms with Crippen molar-refractivity contribution in [2.45, 2.75) is 0 Å². The second-order valence-corrected chi connectivity index (χ2v) is 13.8. The molecule has 0 N–H and O–H groups in total. The molecule has 0 bridgehead atoms. The van der Waals surface area contributed by atoms with Crippen LogP contribution in [0.1, 0.15) is 11.1 Å². The molecule has 0 saturated heterocycles. The van der Waals surface area contributed by atoms with Crippen molar-refractivity contribution in [2.24, 2.45) is 9.98 Å². The molecule has 0 atom stereocenters. The minimum absolute atomic E-state index is 0.876. The lowest BCUT2D eigenvalue weighted by molar-refractivity contribution is 1.28. The number of aliphatic imine (C=N–C) groups is 2. The molecule has 0 saturated carbocycles. The molecule has 9 rings (SSSR count). The van der Waals surface area contributed by atoms with E-state index in [2.05, 4.69) is 150 Å². The quantitative estimate of drug-likeness (QED) is 0.148. The molecule has 0 aliphatic heterocycles. The Morgan fingerprint density at radius 2 is 1.06 bits per heavy atom. The highest BCUT2D eigenvalue weighted by Crippen LogP contribution is 2.41. The van der Waals surface area contributed by atoms with Crippen molar-refractivity contribution in [3.05, 3.63) is 181 Å². The molecule has 9 aromatic rings. The lowest BCUT2D eigenvalue weighted by Gasteiger charge is -2.26. The molecule has 0 amide bonds. The standard InChI is InChI=1S/C47H33N5S/c1-48-46(45-41-11-5-8-14-44(41)53-47(45)49-2)33-19-25-40(26-20-33)52(38-21-15-31(16-22-38)36-27-34-9-3-6-12-42(34)50-29-36)39-23-17-32(18-24-39)37-28-35-10-4-7-13-43(35)51-30-37/h3-30H,2H2,1H3. The van der Waals surface area contributed by atoms with E-state index in [0.29, 0.717) is 0 Å². The summed E-state index contributed by atoms with van der Waals surface area (Å²) in [5, 5.41) is 4.26. The smallest absolute Gasteiger partial charge is 0.125 e. The van der Waals surface area contributed by atoms with E-state index in [1.165, 1.54) is 4.70 Å². The van der Waals surface area contributed by atoms with Gasteiger partial charge in [-0.2, -0.15) is 0 Å². The number of thiophene rings is 1. The van der Waals surface area contributed by atoms with Crippen LogP contribution in [0.5, 0.6) is 0 Å². The van der Waals surface area contributed by atoms with Gasteiger partial charge in [0, 0.05) is 79.6 Å². The molecule has 0 unspecified atom stereocenters. The third kappa shape index (κ3) is 6.05. The minimum atomic E-state index is 0.876. The molecule has 53 heavy (non-hydrogen) atoms. The molecule has 0 spiro atoms. The second kappa shape index (κ2) is 13.8. The second-order valence-electron chi connectivity index (χ2n) is 12.8. The van der Waals surface area contributed by atoms with E-state index in [1.54, 1.807) is 11.3 Å². The van der Waals surface area contributed by atoms with E-state index in [9.17, 15) is 0 Å². The first kappa shape index (κ1) is 32.2. The van der Waals surface area contributed by atoms with Crippen molar-refractivity contribution in [1.29, 1.82) is 0 Å². The lowest BCUT2D eigenvalue weighted by atomic mass is 9.99. The van der Waals surface area contributed by atoms with Gasteiger partial charge in [-0.15, -0.1) is 11.3 Å². The summed E-state index contributed by atoms with van der Waals surface area (Å²) < 4.78 is 1.17. The number of fused-ring (bicyclic) bond motifs is 3. The fourth-order valence-electron chi connectivity index (χ4n) is 7.04. The number of nitrogens with zero attached hydrogens (tertiary/aromatic N) is 5. The van der Waals surface area contributed by atoms with Crippen LogP contribution < -0.4 is 4.90 Å². The monoisotopic (exact) mass is 699 g/mol. The fourth-order valence-corrected chi connectivity index (χ4v) is 8.05.